The van der Waals surface area contributed by atoms with E-state index in [1.807, 2.05) is 0 Å². The fourth-order valence-electron chi connectivity index (χ4n) is 1.57. The number of aliphatic carboxylic acids is 2. The molecule has 4 nitrogen and oxygen atoms in total. The summed E-state index contributed by atoms with van der Waals surface area (Å²) in [5, 5.41) is 18.3. The van der Waals surface area contributed by atoms with Gasteiger partial charge in [-0.05, 0) is 36.6 Å². The number of benzene rings is 1. The number of carbonyl (C=O) groups is 2. The van der Waals surface area contributed by atoms with Crippen molar-refractivity contribution in [3.8, 4) is 0 Å². The van der Waals surface area contributed by atoms with Gasteiger partial charge in [-0.15, -0.1) is 0 Å². The van der Waals surface area contributed by atoms with Crippen molar-refractivity contribution in [2.75, 3.05) is 0 Å². The predicted molar refractivity (Wildman–Crippen MR) is 68.7 cm³/mol. The molecule has 5 heteroatoms. The van der Waals surface area contributed by atoms with E-state index in [9.17, 15) is 9.59 Å². The maximum atomic E-state index is 11.1. The summed E-state index contributed by atoms with van der Waals surface area (Å²) in [6, 6.07) is 5.08. The Morgan fingerprint density at radius 1 is 1.28 bits per heavy atom. The molecule has 1 aromatic rings. The number of rotatable bonds is 4. The van der Waals surface area contributed by atoms with Crippen LogP contribution in [0.5, 0.6) is 0 Å². The molecule has 0 saturated carbocycles. The van der Waals surface area contributed by atoms with Gasteiger partial charge in [-0.2, -0.15) is 0 Å². The topological polar surface area (TPSA) is 74.6 Å². The molecular formula is C13H13ClO4. The van der Waals surface area contributed by atoms with Crippen LogP contribution in [0.3, 0.4) is 0 Å². The van der Waals surface area contributed by atoms with Crippen molar-refractivity contribution < 1.29 is 19.8 Å². The molecule has 0 bridgehead atoms. The summed E-state index contributed by atoms with van der Waals surface area (Å²) in [4.78, 5) is 21.7. The second-order valence-electron chi connectivity index (χ2n) is 3.94. The van der Waals surface area contributed by atoms with Gasteiger partial charge < -0.3 is 10.2 Å². The number of hydrogen-bond donors (Lipinski definition) is 2. The van der Waals surface area contributed by atoms with Gasteiger partial charge in [0, 0.05) is 5.02 Å². The van der Waals surface area contributed by atoms with Gasteiger partial charge in [0.15, 0.2) is 0 Å². The summed E-state index contributed by atoms with van der Waals surface area (Å²) in [5.74, 6) is -2.39. The number of hydrogen-bond acceptors (Lipinski definition) is 2. The van der Waals surface area contributed by atoms with Crippen molar-refractivity contribution in [1.82, 2.24) is 0 Å². The Balaban J connectivity index is 3.28. The second-order valence-corrected chi connectivity index (χ2v) is 4.35. The van der Waals surface area contributed by atoms with Crippen LogP contribution in [0, 0.1) is 6.92 Å². The highest BCUT2D eigenvalue weighted by Gasteiger charge is 2.16. The highest BCUT2D eigenvalue weighted by molar-refractivity contribution is 6.31. The first kappa shape index (κ1) is 14.3. The third-order valence-corrected chi connectivity index (χ3v) is 3.05. The van der Waals surface area contributed by atoms with E-state index in [0.29, 0.717) is 16.2 Å². The van der Waals surface area contributed by atoms with Crippen LogP contribution in [0.4, 0.5) is 0 Å². The molecule has 2 N–H and O–H groups in total. The highest BCUT2D eigenvalue weighted by Crippen LogP contribution is 2.25. The molecule has 0 unspecified atom stereocenters. The first-order valence-electron chi connectivity index (χ1n) is 5.24. The van der Waals surface area contributed by atoms with E-state index in [4.69, 9.17) is 21.8 Å². The largest absolute Gasteiger partial charge is 0.481 e. The highest BCUT2D eigenvalue weighted by atomic mass is 35.5. The molecule has 0 heterocycles. The zero-order valence-corrected chi connectivity index (χ0v) is 10.8. The standard InChI is InChI=1S/C13H13ClO4/c1-7-5-9(3-4-11(7)14)8(2)10(13(17)18)6-12(15)16/h3-5H,6H2,1-2H3,(H,15,16)(H,17,18)/b10-8+. The van der Waals surface area contributed by atoms with Crippen molar-refractivity contribution in [3.05, 3.63) is 39.9 Å². The van der Waals surface area contributed by atoms with Crippen molar-refractivity contribution >= 4 is 29.1 Å². The molecule has 96 valence electrons. The molecule has 0 aliphatic rings. The van der Waals surface area contributed by atoms with Crippen molar-refractivity contribution in [3.63, 3.8) is 0 Å². The van der Waals surface area contributed by atoms with Gasteiger partial charge in [-0.25, -0.2) is 4.79 Å². The number of carboxylic acids is 2. The zero-order chi connectivity index (χ0) is 13.9. The summed E-state index contributed by atoms with van der Waals surface area (Å²) < 4.78 is 0. The lowest BCUT2D eigenvalue weighted by molar-refractivity contribution is -0.139. The molecule has 0 atom stereocenters. The van der Waals surface area contributed by atoms with E-state index in [1.165, 1.54) is 0 Å². The predicted octanol–water partition coefficient (Wildman–Crippen LogP) is 2.98. The Morgan fingerprint density at radius 3 is 2.33 bits per heavy atom. The number of halogens is 1. The Hall–Kier alpha value is -1.81. The molecular weight excluding hydrogens is 256 g/mol. The van der Waals surface area contributed by atoms with E-state index in [1.54, 1.807) is 32.0 Å². The first-order chi connectivity index (χ1) is 8.32. The molecule has 0 amide bonds. The second kappa shape index (κ2) is 5.69. The Kier molecular flexibility index (Phi) is 4.50. The minimum Gasteiger partial charge on any atom is -0.481 e. The molecule has 1 rings (SSSR count). The van der Waals surface area contributed by atoms with Gasteiger partial charge >= 0.3 is 11.9 Å². The normalized spacial score (nSPS) is 11.9. The van der Waals surface area contributed by atoms with Gasteiger partial charge in [-0.3, -0.25) is 4.79 Å². The summed E-state index contributed by atoms with van der Waals surface area (Å²) in [7, 11) is 0. The summed E-state index contributed by atoms with van der Waals surface area (Å²) in [5.41, 5.74) is 1.79. The third kappa shape index (κ3) is 3.34. The molecule has 0 spiro atoms. The number of allylic oxidation sites excluding steroid dienone is 1. The van der Waals surface area contributed by atoms with Crippen LogP contribution in [0.25, 0.3) is 5.57 Å². The monoisotopic (exact) mass is 268 g/mol. The minimum atomic E-state index is -1.22. The average Bonchev–Trinajstić information content (AvgIpc) is 2.28. The van der Waals surface area contributed by atoms with E-state index >= 15 is 0 Å². The van der Waals surface area contributed by atoms with Crippen LogP contribution >= 0.6 is 11.6 Å². The Labute approximate surface area is 110 Å². The fourth-order valence-corrected chi connectivity index (χ4v) is 1.69. The van der Waals surface area contributed by atoms with Gasteiger partial charge in [0.1, 0.15) is 0 Å². The third-order valence-electron chi connectivity index (χ3n) is 2.63. The van der Waals surface area contributed by atoms with Crippen molar-refractivity contribution in [2.45, 2.75) is 20.3 Å². The molecule has 0 radical (unpaired) electrons. The fraction of sp³-hybridized carbons (Fsp3) is 0.231. The van der Waals surface area contributed by atoms with Gasteiger partial charge in [0.25, 0.3) is 0 Å². The molecule has 18 heavy (non-hydrogen) atoms. The summed E-state index contributed by atoms with van der Waals surface area (Å²) >= 11 is 5.89. The van der Waals surface area contributed by atoms with Gasteiger partial charge in [0.05, 0.1) is 12.0 Å². The van der Waals surface area contributed by atoms with Crippen LogP contribution in [0.2, 0.25) is 5.02 Å². The maximum absolute atomic E-state index is 11.1. The quantitative estimate of drug-likeness (QED) is 0.823. The van der Waals surface area contributed by atoms with Crippen LogP contribution in [-0.2, 0) is 9.59 Å². The first-order valence-corrected chi connectivity index (χ1v) is 5.62. The maximum Gasteiger partial charge on any atom is 0.332 e. The zero-order valence-electron chi connectivity index (χ0n) is 10.0. The molecule has 1 aromatic carbocycles. The lowest BCUT2D eigenvalue weighted by Crippen LogP contribution is -2.08. The van der Waals surface area contributed by atoms with E-state index in [0.717, 1.165) is 5.56 Å². The summed E-state index contributed by atoms with van der Waals surface area (Å²) in [6.45, 7) is 3.39. The molecule has 0 saturated heterocycles. The Morgan fingerprint density at radius 2 is 1.89 bits per heavy atom. The Bertz CT molecular complexity index is 532. The number of aryl methyl sites for hydroxylation is 1. The number of carboxylic acid groups (broad SMARTS) is 2. The van der Waals surface area contributed by atoms with Crippen LogP contribution < -0.4 is 0 Å². The molecule has 0 aliphatic heterocycles. The SMILES string of the molecule is C/C(=C(/CC(=O)O)C(=O)O)c1ccc(Cl)c(C)c1. The van der Waals surface area contributed by atoms with Gasteiger partial charge in [-0.1, -0.05) is 23.7 Å². The van der Waals surface area contributed by atoms with E-state index in [-0.39, 0.29) is 5.57 Å². The van der Waals surface area contributed by atoms with Crippen LogP contribution in [0.1, 0.15) is 24.5 Å². The summed E-state index contributed by atoms with van der Waals surface area (Å²) in [6.07, 6.45) is -0.511. The van der Waals surface area contributed by atoms with Gasteiger partial charge in [0.2, 0.25) is 0 Å². The van der Waals surface area contributed by atoms with E-state index < -0.39 is 18.4 Å². The van der Waals surface area contributed by atoms with Crippen LogP contribution in [0.15, 0.2) is 23.8 Å². The lowest BCUT2D eigenvalue weighted by atomic mass is 9.98. The van der Waals surface area contributed by atoms with E-state index in [2.05, 4.69) is 0 Å². The molecule has 0 aliphatic carbocycles. The lowest BCUT2D eigenvalue weighted by Gasteiger charge is -2.08. The molecule has 0 fully saturated rings. The molecule has 0 aromatic heterocycles. The average molecular weight is 269 g/mol. The smallest absolute Gasteiger partial charge is 0.332 e. The minimum absolute atomic E-state index is 0.121. The van der Waals surface area contributed by atoms with Crippen molar-refractivity contribution in [2.24, 2.45) is 0 Å². The van der Waals surface area contributed by atoms with Crippen molar-refractivity contribution in [1.29, 1.82) is 0 Å². The van der Waals surface area contributed by atoms with Crippen LogP contribution in [-0.4, -0.2) is 22.2 Å².